The highest BCUT2D eigenvalue weighted by Crippen LogP contribution is 2.22. The van der Waals surface area contributed by atoms with Crippen LogP contribution < -0.4 is 0 Å². The standard InChI is InChI=1S/C30H58O4S2/c1-3-5-7-9-11-13-15-17-19-23-29(31)33-25-21-27-35-36-28-22-26-34-30(32)24-20-18-16-14-12-10-8-6-4-2/h3-28H2,1-2H3. The number of unbranched alkanes of at least 4 members (excludes halogenated alkanes) is 16. The lowest BCUT2D eigenvalue weighted by Gasteiger charge is -2.06. The smallest absolute Gasteiger partial charge is 0.305 e. The Bertz CT molecular complexity index is 432. The van der Waals surface area contributed by atoms with Crippen LogP contribution in [0.2, 0.25) is 0 Å². The second-order valence-electron chi connectivity index (χ2n) is 9.95. The second-order valence-corrected chi connectivity index (χ2v) is 12.7. The highest BCUT2D eigenvalue weighted by atomic mass is 33.1. The molecule has 0 heterocycles. The van der Waals surface area contributed by atoms with Crippen LogP contribution in [-0.4, -0.2) is 36.7 Å². The highest BCUT2D eigenvalue weighted by molar-refractivity contribution is 8.76. The number of ether oxygens (including phenoxy) is 2. The number of carbonyl (C=O) groups excluding carboxylic acids is 2. The first kappa shape index (κ1) is 35.6. The maximum absolute atomic E-state index is 11.8. The third-order valence-corrected chi connectivity index (χ3v) is 8.90. The molecule has 0 atom stereocenters. The molecule has 6 heteroatoms. The topological polar surface area (TPSA) is 52.6 Å². The van der Waals surface area contributed by atoms with Gasteiger partial charge in [0.15, 0.2) is 0 Å². The van der Waals surface area contributed by atoms with Crippen molar-refractivity contribution in [3.05, 3.63) is 0 Å². The monoisotopic (exact) mass is 546 g/mol. The average Bonchev–Trinajstić information content (AvgIpc) is 2.87. The summed E-state index contributed by atoms with van der Waals surface area (Å²) in [6.45, 7) is 5.56. The highest BCUT2D eigenvalue weighted by Gasteiger charge is 2.04. The van der Waals surface area contributed by atoms with E-state index in [1.165, 1.54) is 89.9 Å². The van der Waals surface area contributed by atoms with Gasteiger partial charge in [0.1, 0.15) is 0 Å². The molecular formula is C30H58O4S2. The van der Waals surface area contributed by atoms with Gasteiger partial charge in [-0.1, -0.05) is 138 Å². The van der Waals surface area contributed by atoms with Crippen molar-refractivity contribution < 1.29 is 19.1 Å². The van der Waals surface area contributed by atoms with E-state index in [0.717, 1.165) is 50.0 Å². The van der Waals surface area contributed by atoms with Crippen molar-refractivity contribution in [2.75, 3.05) is 24.7 Å². The molecule has 0 aliphatic carbocycles. The Morgan fingerprint density at radius 2 is 0.750 bits per heavy atom. The summed E-state index contributed by atoms with van der Waals surface area (Å²) in [5.41, 5.74) is 0. The van der Waals surface area contributed by atoms with Gasteiger partial charge in [-0.25, -0.2) is 0 Å². The molecule has 0 rings (SSSR count). The molecule has 0 saturated carbocycles. The van der Waals surface area contributed by atoms with Crippen molar-refractivity contribution in [1.82, 2.24) is 0 Å². The molecule has 0 amide bonds. The van der Waals surface area contributed by atoms with E-state index in [4.69, 9.17) is 9.47 Å². The van der Waals surface area contributed by atoms with Gasteiger partial charge in [-0.3, -0.25) is 9.59 Å². The number of rotatable bonds is 29. The molecule has 4 nitrogen and oxygen atoms in total. The molecule has 0 radical (unpaired) electrons. The fourth-order valence-corrected chi connectivity index (χ4v) is 6.15. The zero-order valence-corrected chi connectivity index (χ0v) is 25.5. The maximum Gasteiger partial charge on any atom is 0.305 e. The van der Waals surface area contributed by atoms with E-state index in [-0.39, 0.29) is 11.9 Å². The van der Waals surface area contributed by atoms with Crippen molar-refractivity contribution in [2.45, 2.75) is 155 Å². The third kappa shape index (κ3) is 29.9. The predicted octanol–water partition coefficient (Wildman–Crippen LogP) is 10.1. The Kier molecular flexibility index (Phi) is 30.6. The van der Waals surface area contributed by atoms with Crippen molar-refractivity contribution >= 4 is 33.5 Å². The Hall–Kier alpha value is -0.360. The Balaban J connectivity index is 3.24. The molecule has 214 valence electrons. The fraction of sp³-hybridized carbons (Fsp3) is 0.933. The number of carbonyl (C=O) groups is 2. The first-order valence-electron chi connectivity index (χ1n) is 15.3. The van der Waals surface area contributed by atoms with E-state index in [9.17, 15) is 9.59 Å². The molecule has 0 aromatic rings. The van der Waals surface area contributed by atoms with Gasteiger partial charge in [0.05, 0.1) is 13.2 Å². The molecule has 0 unspecified atom stereocenters. The van der Waals surface area contributed by atoms with Crippen molar-refractivity contribution in [3.63, 3.8) is 0 Å². The largest absolute Gasteiger partial charge is 0.466 e. The number of hydrogen-bond donors (Lipinski definition) is 0. The van der Waals surface area contributed by atoms with Crippen LogP contribution in [0.4, 0.5) is 0 Å². The first-order valence-corrected chi connectivity index (χ1v) is 17.7. The molecule has 0 aromatic heterocycles. The van der Waals surface area contributed by atoms with E-state index in [0.29, 0.717) is 26.1 Å². The Morgan fingerprint density at radius 3 is 1.08 bits per heavy atom. The van der Waals surface area contributed by atoms with Gasteiger partial charge in [-0.15, -0.1) is 0 Å². The maximum atomic E-state index is 11.8. The molecule has 0 spiro atoms. The molecule has 0 bridgehead atoms. The molecule has 0 saturated heterocycles. The molecule has 0 fully saturated rings. The lowest BCUT2D eigenvalue weighted by atomic mass is 10.1. The van der Waals surface area contributed by atoms with Gasteiger partial charge in [0.25, 0.3) is 0 Å². The van der Waals surface area contributed by atoms with E-state index in [1.54, 1.807) is 0 Å². The summed E-state index contributed by atoms with van der Waals surface area (Å²) in [6.07, 6.45) is 25.7. The van der Waals surface area contributed by atoms with Gasteiger partial charge in [-0.2, -0.15) is 0 Å². The predicted molar refractivity (Wildman–Crippen MR) is 160 cm³/mol. The zero-order valence-electron chi connectivity index (χ0n) is 23.8. The summed E-state index contributed by atoms with van der Waals surface area (Å²) >= 11 is 0. The molecule has 36 heavy (non-hydrogen) atoms. The summed E-state index contributed by atoms with van der Waals surface area (Å²) in [5.74, 6) is 1.88. The summed E-state index contributed by atoms with van der Waals surface area (Å²) in [4.78, 5) is 23.6. The van der Waals surface area contributed by atoms with Crippen molar-refractivity contribution in [1.29, 1.82) is 0 Å². The van der Waals surface area contributed by atoms with E-state index in [2.05, 4.69) is 13.8 Å². The first-order chi connectivity index (χ1) is 17.7. The minimum atomic E-state index is -0.0418. The minimum absolute atomic E-state index is 0.0418. The van der Waals surface area contributed by atoms with Crippen LogP contribution in [0.1, 0.15) is 155 Å². The molecule has 0 aliphatic heterocycles. The van der Waals surface area contributed by atoms with Gasteiger partial charge >= 0.3 is 11.9 Å². The average molecular weight is 547 g/mol. The molecule has 0 N–H and O–H groups in total. The zero-order chi connectivity index (χ0) is 26.4. The quantitative estimate of drug-likeness (QED) is 0.0528. The summed E-state index contributed by atoms with van der Waals surface area (Å²) in [5, 5.41) is 0. The minimum Gasteiger partial charge on any atom is -0.466 e. The van der Waals surface area contributed by atoms with Gasteiger partial charge < -0.3 is 9.47 Å². The SMILES string of the molecule is CCCCCCCCCCCC(=O)OCCCSSCCCOC(=O)CCCCCCCCCCC. The molecular weight excluding hydrogens is 488 g/mol. The lowest BCUT2D eigenvalue weighted by Crippen LogP contribution is -2.06. The van der Waals surface area contributed by atoms with E-state index >= 15 is 0 Å². The van der Waals surface area contributed by atoms with E-state index < -0.39 is 0 Å². The van der Waals surface area contributed by atoms with Crippen LogP contribution in [0.3, 0.4) is 0 Å². The van der Waals surface area contributed by atoms with Crippen LogP contribution in [0, 0.1) is 0 Å². The van der Waals surface area contributed by atoms with Crippen LogP contribution in [0.5, 0.6) is 0 Å². The summed E-state index contributed by atoms with van der Waals surface area (Å²) in [7, 11) is 3.62. The van der Waals surface area contributed by atoms with Crippen LogP contribution in [0.25, 0.3) is 0 Å². The third-order valence-electron chi connectivity index (χ3n) is 6.32. The summed E-state index contributed by atoms with van der Waals surface area (Å²) in [6, 6.07) is 0. The van der Waals surface area contributed by atoms with Crippen LogP contribution in [0.15, 0.2) is 0 Å². The van der Waals surface area contributed by atoms with Crippen molar-refractivity contribution in [3.8, 4) is 0 Å². The Morgan fingerprint density at radius 1 is 0.444 bits per heavy atom. The van der Waals surface area contributed by atoms with Crippen LogP contribution >= 0.6 is 21.6 Å². The van der Waals surface area contributed by atoms with Crippen LogP contribution in [-0.2, 0) is 19.1 Å². The summed E-state index contributed by atoms with van der Waals surface area (Å²) < 4.78 is 10.7. The van der Waals surface area contributed by atoms with E-state index in [1.807, 2.05) is 21.6 Å². The van der Waals surface area contributed by atoms with Crippen molar-refractivity contribution in [2.24, 2.45) is 0 Å². The van der Waals surface area contributed by atoms with Gasteiger partial charge in [-0.05, 0) is 25.7 Å². The van der Waals surface area contributed by atoms with Gasteiger partial charge in [0.2, 0.25) is 0 Å². The second kappa shape index (κ2) is 30.9. The molecule has 0 aromatic carbocycles. The Labute approximate surface area is 232 Å². The lowest BCUT2D eigenvalue weighted by molar-refractivity contribution is -0.144. The number of hydrogen-bond acceptors (Lipinski definition) is 6. The normalized spacial score (nSPS) is 11.1. The molecule has 0 aliphatic rings. The van der Waals surface area contributed by atoms with Gasteiger partial charge in [0, 0.05) is 24.3 Å². The number of esters is 2. The fourth-order valence-electron chi connectivity index (χ4n) is 4.03.